The Bertz CT molecular complexity index is 207. The normalized spacial score (nSPS) is 14.7. The molecule has 1 amide bonds. The van der Waals surface area contributed by atoms with Crippen LogP contribution in [0.25, 0.3) is 0 Å². The van der Waals surface area contributed by atoms with Crippen molar-refractivity contribution in [1.82, 2.24) is 5.32 Å². The molecule has 0 aromatic carbocycles. The first-order chi connectivity index (χ1) is 8.01. The Morgan fingerprint density at radius 3 is 2.41 bits per heavy atom. The van der Waals surface area contributed by atoms with E-state index in [1.807, 2.05) is 6.92 Å². The Hall–Kier alpha value is -0.610. The van der Waals surface area contributed by atoms with E-state index in [1.165, 1.54) is 0 Å². The molecule has 17 heavy (non-hydrogen) atoms. The Labute approximate surface area is 105 Å². The minimum Gasteiger partial charge on any atom is -0.383 e. The van der Waals surface area contributed by atoms with Crippen LogP contribution in [-0.4, -0.2) is 38.4 Å². The van der Waals surface area contributed by atoms with Crippen molar-refractivity contribution >= 4 is 5.91 Å². The van der Waals surface area contributed by atoms with E-state index in [-0.39, 0.29) is 18.1 Å². The summed E-state index contributed by atoms with van der Waals surface area (Å²) in [6.07, 6.45) is 1.45. The van der Waals surface area contributed by atoms with Crippen LogP contribution < -0.4 is 5.32 Å². The van der Waals surface area contributed by atoms with Crippen LogP contribution >= 0.6 is 0 Å². The van der Waals surface area contributed by atoms with Gasteiger partial charge in [-0.15, -0.1) is 0 Å². The molecule has 0 aromatic rings. The van der Waals surface area contributed by atoms with Crippen molar-refractivity contribution in [3.8, 4) is 0 Å². The Morgan fingerprint density at radius 1 is 1.29 bits per heavy atom. The molecule has 0 rings (SSSR count). The third kappa shape index (κ3) is 8.16. The molecule has 0 aliphatic heterocycles. The highest BCUT2D eigenvalue weighted by Gasteiger charge is 2.16. The first-order valence-electron chi connectivity index (χ1n) is 6.42. The van der Waals surface area contributed by atoms with Gasteiger partial charge < -0.3 is 14.8 Å². The fraction of sp³-hybridized carbons (Fsp3) is 0.923. The van der Waals surface area contributed by atoms with Gasteiger partial charge in [-0.25, -0.2) is 0 Å². The molecule has 4 nitrogen and oxygen atoms in total. The van der Waals surface area contributed by atoms with Crippen LogP contribution in [0.5, 0.6) is 0 Å². The number of carbonyl (C=O) groups excluding carboxylic acids is 1. The molecule has 2 unspecified atom stereocenters. The summed E-state index contributed by atoms with van der Waals surface area (Å²) in [6.45, 7) is 9.26. The lowest BCUT2D eigenvalue weighted by molar-refractivity contribution is -0.133. The van der Waals surface area contributed by atoms with E-state index in [4.69, 9.17) is 9.47 Å². The number of nitrogens with one attached hydrogen (secondary N) is 1. The van der Waals surface area contributed by atoms with Crippen molar-refractivity contribution < 1.29 is 14.3 Å². The highest BCUT2D eigenvalue weighted by molar-refractivity contribution is 5.80. The number of hydrogen-bond acceptors (Lipinski definition) is 3. The van der Waals surface area contributed by atoms with Gasteiger partial charge in [0.15, 0.2) is 0 Å². The largest absolute Gasteiger partial charge is 0.383 e. The number of ether oxygens (including phenoxy) is 2. The molecule has 1 N–H and O–H groups in total. The predicted molar refractivity (Wildman–Crippen MR) is 69.0 cm³/mol. The topological polar surface area (TPSA) is 47.6 Å². The van der Waals surface area contributed by atoms with Crippen LogP contribution in [0.3, 0.4) is 0 Å². The standard InChI is InChI=1S/C13H27NO3/c1-6-12(9-16-5)14-13(15)11(4)17-8-7-10(2)3/h10-12H,6-9H2,1-5H3,(H,14,15). The van der Waals surface area contributed by atoms with Crippen LogP contribution in [0.4, 0.5) is 0 Å². The first-order valence-corrected chi connectivity index (χ1v) is 6.42. The second kappa shape index (κ2) is 9.42. The van der Waals surface area contributed by atoms with Gasteiger partial charge in [0.25, 0.3) is 0 Å². The van der Waals surface area contributed by atoms with Crippen LogP contribution in [0.15, 0.2) is 0 Å². The van der Waals surface area contributed by atoms with Gasteiger partial charge in [0.1, 0.15) is 6.10 Å². The van der Waals surface area contributed by atoms with Crippen LogP contribution in [0, 0.1) is 5.92 Å². The third-order valence-corrected chi connectivity index (χ3v) is 2.64. The highest BCUT2D eigenvalue weighted by Crippen LogP contribution is 2.02. The summed E-state index contributed by atoms with van der Waals surface area (Å²) in [5.41, 5.74) is 0. The van der Waals surface area contributed by atoms with Gasteiger partial charge in [-0.1, -0.05) is 20.8 Å². The maximum atomic E-state index is 11.8. The van der Waals surface area contributed by atoms with Crippen LogP contribution in [-0.2, 0) is 14.3 Å². The molecule has 0 aliphatic rings. The lowest BCUT2D eigenvalue weighted by Crippen LogP contribution is -2.43. The van der Waals surface area contributed by atoms with Gasteiger partial charge in [0.05, 0.1) is 12.6 Å². The SMILES string of the molecule is CCC(COC)NC(=O)C(C)OCCC(C)C. The van der Waals surface area contributed by atoms with Crippen molar-refractivity contribution in [2.24, 2.45) is 5.92 Å². The molecular weight excluding hydrogens is 218 g/mol. The quantitative estimate of drug-likeness (QED) is 0.675. The second-order valence-electron chi connectivity index (χ2n) is 4.76. The van der Waals surface area contributed by atoms with Gasteiger partial charge in [-0.2, -0.15) is 0 Å². The van der Waals surface area contributed by atoms with Gasteiger partial charge in [-0.3, -0.25) is 4.79 Å². The molecule has 0 heterocycles. The van der Waals surface area contributed by atoms with Crippen molar-refractivity contribution in [2.45, 2.75) is 52.7 Å². The molecule has 0 aliphatic carbocycles. The molecule has 0 fully saturated rings. The number of methoxy groups -OCH3 is 1. The fourth-order valence-corrected chi connectivity index (χ4v) is 1.34. The Kier molecular flexibility index (Phi) is 9.09. The van der Waals surface area contributed by atoms with E-state index in [0.717, 1.165) is 12.8 Å². The molecule has 0 saturated heterocycles. The van der Waals surface area contributed by atoms with Gasteiger partial charge in [-0.05, 0) is 25.7 Å². The summed E-state index contributed by atoms with van der Waals surface area (Å²) >= 11 is 0. The van der Waals surface area contributed by atoms with E-state index < -0.39 is 0 Å². The number of hydrogen-bond donors (Lipinski definition) is 1. The number of amides is 1. The van der Waals surface area contributed by atoms with Crippen molar-refractivity contribution in [3.63, 3.8) is 0 Å². The Balaban J connectivity index is 3.86. The molecule has 0 radical (unpaired) electrons. The zero-order chi connectivity index (χ0) is 13.3. The maximum Gasteiger partial charge on any atom is 0.249 e. The average molecular weight is 245 g/mol. The average Bonchev–Trinajstić information content (AvgIpc) is 2.27. The zero-order valence-electron chi connectivity index (χ0n) is 11.8. The minimum atomic E-state index is -0.389. The predicted octanol–water partition coefficient (Wildman–Crippen LogP) is 1.98. The summed E-state index contributed by atoms with van der Waals surface area (Å²) in [5.74, 6) is 0.541. The summed E-state index contributed by atoms with van der Waals surface area (Å²) in [4.78, 5) is 11.8. The fourth-order valence-electron chi connectivity index (χ4n) is 1.34. The molecule has 0 saturated carbocycles. The third-order valence-electron chi connectivity index (χ3n) is 2.64. The maximum absolute atomic E-state index is 11.8. The molecule has 2 atom stereocenters. The number of carbonyl (C=O) groups is 1. The highest BCUT2D eigenvalue weighted by atomic mass is 16.5. The van der Waals surface area contributed by atoms with Gasteiger partial charge >= 0.3 is 0 Å². The molecule has 0 aromatic heterocycles. The van der Waals surface area contributed by atoms with E-state index >= 15 is 0 Å². The van der Waals surface area contributed by atoms with Crippen molar-refractivity contribution in [2.75, 3.05) is 20.3 Å². The molecule has 4 heteroatoms. The second-order valence-corrected chi connectivity index (χ2v) is 4.76. The lowest BCUT2D eigenvalue weighted by atomic mass is 10.1. The monoisotopic (exact) mass is 245 g/mol. The summed E-state index contributed by atoms with van der Waals surface area (Å²) in [6, 6.07) is 0.0728. The molecule has 102 valence electrons. The summed E-state index contributed by atoms with van der Waals surface area (Å²) in [7, 11) is 1.64. The zero-order valence-corrected chi connectivity index (χ0v) is 11.8. The lowest BCUT2D eigenvalue weighted by Gasteiger charge is -2.19. The smallest absolute Gasteiger partial charge is 0.249 e. The molecular formula is C13H27NO3. The Morgan fingerprint density at radius 2 is 1.94 bits per heavy atom. The van der Waals surface area contributed by atoms with Gasteiger partial charge in [0, 0.05) is 13.7 Å². The van der Waals surface area contributed by atoms with Crippen LogP contribution in [0.1, 0.15) is 40.5 Å². The van der Waals surface area contributed by atoms with E-state index in [0.29, 0.717) is 19.1 Å². The number of rotatable bonds is 9. The summed E-state index contributed by atoms with van der Waals surface area (Å²) < 4.78 is 10.5. The molecule has 0 spiro atoms. The minimum absolute atomic E-state index is 0.0577. The van der Waals surface area contributed by atoms with Crippen molar-refractivity contribution in [3.05, 3.63) is 0 Å². The molecule has 0 bridgehead atoms. The van der Waals surface area contributed by atoms with E-state index in [2.05, 4.69) is 19.2 Å². The first kappa shape index (κ1) is 16.4. The summed E-state index contributed by atoms with van der Waals surface area (Å²) in [5, 5.41) is 2.92. The van der Waals surface area contributed by atoms with E-state index in [1.54, 1.807) is 14.0 Å². The van der Waals surface area contributed by atoms with Crippen molar-refractivity contribution in [1.29, 1.82) is 0 Å². The van der Waals surface area contributed by atoms with Crippen LogP contribution in [0.2, 0.25) is 0 Å². The van der Waals surface area contributed by atoms with E-state index in [9.17, 15) is 4.79 Å². The van der Waals surface area contributed by atoms with Gasteiger partial charge in [0.2, 0.25) is 5.91 Å².